The van der Waals surface area contributed by atoms with Gasteiger partial charge in [-0.1, -0.05) is 44.0 Å². The lowest BCUT2D eigenvalue weighted by Crippen LogP contribution is -2.51. The molecule has 1 N–H and O–H groups in total. The summed E-state index contributed by atoms with van der Waals surface area (Å²) in [6, 6.07) is 9.15. The number of amides is 2. The Labute approximate surface area is 181 Å². The highest BCUT2D eigenvalue weighted by Gasteiger charge is 2.32. The molecule has 5 heteroatoms. The minimum atomic E-state index is -0.229. The van der Waals surface area contributed by atoms with Crippen LogP contribution in [0.3, 0.4) is 0 Å². The Bertz CT molecular complexity index is 753. The maximum absolute atomic E-state index is 12.5. The molecule has 1 aliphatic heterocycles. The van der Waals surface area contributed by atoms with Crippen molar-refractivity contribution in [3.63, 3.8) is 0 Å². The van der Waals surface area contributed by atoms with Crippen LogP contribution >= 0.6 is 0 Å². The average Bonchev–Trinajstić information content (AvgIpc) is 2.77. The molecular weight excluding hydrogens is 374 g/mol. The van der Waals surface area contributed by atoms with Crippen molar-refractivity contribution in [1.29, 1.82) is 0 Å². The van der Waals surface area contributed by atoms with Crippen LogP contribution < -0.4 is 5.32 Å². The van der Waals surface area contributed by atoms with Crippen molar-refractivity contribution < 1.29 is 9.59 Å². The lowest BCUT2D eigenvalue weighted by Gasteiger charge is -2.44. The van der Waals surface area contributed by atoms with E-state index in [2.05, 4.69) is 24.2 Å². The molecule has 0 aromatic heterocycles. The number of rotatable bonds is 6. The standard InChI is InChI=1S/C25H37N3O2/c1-19-8-4-6-10-21(19)12-13-24(29)26-18-25(30)28-16-14-22(15-17-28)27(3)23-11-7-5-9-20(23)2/h4,6,8,10,12-13,20,22-23H,5,7,9,11,14-18H2,1-3H3,(H,26,29)/b13-12+. The van der Waals surface area contributed by atoms with E-state index in [9.17, 15) is 9.59 Å². The monoisotopic (exact) mass is 411 g/mol. The van der Waals surface area contributed by atoms with Crippen molar-refractivity contribution in [2.75, 3.05) is 26.7 Å². The molecule has 30 heavy (non-hydrogen) atoms. The Hall–Kier alpha value is -2.14. The molecule has 2 unspecified atom stereocenters. The number of carbonyl (C=O) groups is 2. The van der Waals surface area contributed by atoms with Gasteiger partial charge >= 0.3 is 0 Å². The second kappa shape index (κ2) is 10.8. The van der Waals surface area contributed by atoms with Crippen LogP contribution in [0.15, 0.2) is 30.3 Å². The van der Waals surface area contributed by atoms with E-state index < -0.39 is 0 Å². The summed E-state index contributed by atoms with van der Waals surface area (Å²) in [5.74, 6) is 0.554. The molecule has 1 aromatic rings. The first-order valence-electron chi connectivity index (χ1n) is 11.5. The quantitative estimate of drug-likeness (QED) is 0.728. The predicted molar refractivity (Wildman–Crippen MR) is 122 cm³/mol. The van der Waals surface area contributed by atoms with Gasteiger partial charge < -0.3 is 15.1 Å². The zero-order valence-corrected chi connectivity index (χ0v) is 18.8. The number of piperidine rings is 1. The van der Waals surface area contributed by atoms with E-state index in [0.29, 0.717) is 12.1 Å². The van der Waals surface area contributed by atoms with Gasteiger partial charge in [-0.3, -0.25) is 9.59 Å². The van der Waals surface area contributed by atoms with Gasteiger partial charge in [0.05, 0.1) is 6.54 Å². The number of carbonyl (C=O) groups excluding carboxylic acids is 2. The van der Waals surface area contributed by atoms with Crippen molar-refractivity contribution in [2.24, 2.45) is 5.92 Å². The molecule has 2 atom stereocenters. The largest absolute Gasteiger partial charge is 0.343 e. The zero-order chi connectivity index (χ0) is 21.5. The second-order valence-electron chi connectivity index (χ2n) is 9.01. The molecule has 1 aromatic carbocycles. The molecule has 1 saturated carbocycles. The van der Waals surface area contributed by atoms with E-state index >= 15 is 0 Å². The third-order valence-electron chi connectivity index (χ3n) is 7.00. The highest BCUT2D eigenvalue weighted by atomic mass is 16.2. The lowest BCUT2D eigenvalue weighted by molar-refractivity contribution is -0.133. The normalized spacial score (nSPS) is 23.1. The second-order valence-corrected chi connectivity index (χ2v) is 9.01. The van der Waals surface area contributed by atoms with Crippen LogP contribution in [0.5, 0.6) is 0 Å². The van der Waals surface area contributed by atoms with Gasteiger partial charge in [-0.05, 0) is 62.8 Å². The van der Waals surface area contributed by atoms with Crippen LogP contribution in [0.1, 0.15) is 56.6 Å². The van der Waals surface area contributed by atoms with E-state index in [4.69, 9.17) is 0 Å². The van der Waals surface area contributed by atoms with Crippen molar-refractivity contribution in [1.82, 2.24) is 15.1 Å². The molecule has 3 rings (SSSR count). The summed E-state index contributed by atoms with van der Waals surface area (Å²) in [4.78, 5) is 29.1. The molecule has 2 amide bonds. The predicted octanol–water partition coefficient (Wildman–Crippen LogP) is 3.63. The molecule has 0 radical (unpaired) electrons. The summed E-state index contributed by atoms with van der Waals surface area (Å²) in [6.45, 7) is 6.02. The Balaban J connectivity index is 1.41. The first kappa shape index (κ1) is 22.5. The Morgan fingerprint density at radius 1 is 1.13 bits per heavy atom. The summed E-state index contributed by atoms with van der Waals surface area (Å²) >= 11 is 0. The van der Waals surface area contributed by atoms with Gasteiger partial charge in [0.2, 0.25) is 11.8 Å². The number of nitrogens with zero attached hydrogens (tertiary/aromatic N) is 2. The maximum Gasteiger partial charge on any atom is 0.244 e. The number of hydrogen-bond acceptors (Lipinski definition) is 3. The number of aryl methyl sites for hydroxylation is 1. The van der Waals surface area contributed by atoms with E-state index in [0.717, 1.165) is 43.0 Å². The van der Waals surface area contributed by atoms with Gasteiger partial charge in [-0.2, -0.15) is 0 Å². The first-order valence-corrected chi connectivity index (χ1v) is 11.5. The summed E-state index contributed by atoms with van der Waals surface area (Å²) in [5.41, 5.74) is 2.13. The summed E-state index contributed by atoms with van der Waals surface area (Å²) in [6.07, 6.45) is 10.7. The number of likely N-dealkylation sites (tertiary alicyclic amines) is 1. The Morgan fingerprint density at radius 3 is 2.53 bits per heavy atom. The van der Waals surface area contributed by atoms with Gasteiger partial charge in [-0.15, -0.1) is 0 Å². The van der Waals surface area contributed by atoms with Gasteiger partial charge in [0.25, 0.3) is 0 Å². The molecule has 0 spiro atoms. The van der Waals surface area contributed by atoms with Crippen LogP contribution in [0.4, 0.5) is 0 Å². The van der Waals surface area contributed by atoms with Gasteiger partial charge in [0, 0.05) is 31.2 Å². The molecule has 164 valence electrons. The average molecular weight is 412 g/mol. The molecule has 0 bridgehead atoms. The third kappa shape index (κ3) is 5.94. The molecular formula is C25H37N3O2. The summed E-state index contributed by atoms with van der Waals surface area (Å²) in [7, 11) is 2.27. The summed E-state index contributed by atoms with van der Waals surface area (Å²) in [5, 5.41) is 2.73. The van der Waals surface area contributed by atoms with Crippen LogP contribution in [-0.2, 0) is 9.59 Å². The van der Waals surface area contributed by atoms with E-state index in [-0.39, 0.29) is 18.4 Å². The fraction of sp³-hybridized carbons (Fsp3) is 0.600. The Morgan fingerprint density at radius 2 is 1.83 bits per heavy atom. The fourth-order valence-corrected chi connectivity index (χ4v) is 4.97. The van der Waals surface area contributed by atoms with Gasteiger partial charge in [0.1, 0.15) is 0 Å². The Kier molecular flexibility index (Phi) is 8.08. The molecule has 2 aliphatic rings. The van der Waals surface area contributed by atoms with Crippen molar-refractivity contribution >= 4 is 17.9 Å². The first-order chi connectivity index (χ1) is 14.5. The minimum Gasteiger partial charge on any atom is -0.343 e. The fourth-order valence-electron chi connectivity index (χ4n) is 4.97. The SMILES string of the molecule is Cc1ccccc1/C=C/C(=O)NCC(=O)N1CCC(N(C)C2CCCCC2C)CC1. The number of hydrogen-bond donors (Lipinski definition) is 1. The topological polar surface area (TPSA) is 52.7 Å². The summed E-state index contributed by atoms with van der Waals surface area (Å²) < 4.78 is 0. The lowest BCUT2D eigenvalue weighted by atomic mass is 9.84. The third-order valence-corrected chi connectivity index (χ3v) is 7.00. The molecule has 1 heterocycles. The van der Waals surface area contributed by atoms with E-state index in [1.54, 1.807) is 6.08 Å². The maximum atomic E-state index is 12.5. The van der Waals surface area contributed by atoms with Crippen LogP contribution in [-0.4, -0.2) is 60.4 Å². The van der Waals surface area contributed by atoms with Crippen LogP contribution in [0.25, 0.3) is 6.08 Å². The van der Waals surface area contributed by atoms with Crippen molar-refractivity contribution in [3.8, 4) is 0 Å². The zero-order valence-electron chi connectivity index (χ0n) is 18.8. The molecule has 1 aliphatic carbocycles. The van der Waals surface area contributed by atoms with Gasteiger partial charge in [0.15, 0.2) is 0 Å². The highest BCUT2D eigenvalue weighted by molar-refractivity contribution is 5.94. The minimum absolute atomic E-state index is 0.0137. The number of benzene rings is 1. The molecule has 2 fully saturated rings. The molecule has 5 nitrogen and oxygen atoms in total. The highest BCUT2D eigenvalue weighted by Crippen LogP contribution is 2.30. The molecule has 1 saturated heterocycles. The van der Waals surface area contributed by atoms with E-state index in [1.807, 2.05) is 36.1 Å². The van der Waals surface area contributed by atoms with Crippen LogP contribution in [0, 0.1) is 12.8 Å². The van der Waals surface area contributed by atoms with Gasteiger partial charge in [-0.25, -0.2) is 0 Å². The van der Waals surface area contributed by atoms with Crippen molar-refractivity contribution in [2.45, 2.75) is 64.5 Å². The van der Waals surface area contributed by atoms with E-state index in [1.165, 1.54) is 31.8 Å². The van der Waals surface area contributed by atoms with Crippen LogP contribution in [0.2, 0.25) is 0 Å². The smallest absolute Gasteiger partial charge is 0.244 e. The van der Waals surface area contributed by atoms with Crippen molar-refractivity contribution in [3.05, 3.63) is 41.5 Å². The number of nitrogens with one attached hydrogen (secondary N) is 1.